The van der Waals surface area contributed by atoms with Crippen LogP contribution in [0.5, 0.6) is 0 Å². The summed E-state index contributed by atoms with van der Waals surface area (Å²) in [6, 6.07) is 4.58. The summed E-state index contributed by atoms with van der Waals surface area (Å²) in [5, 5.41) is 2.46. The molecule has 1 amide bonds. The number of esters is 1. The van der Waals surface area contributed by atoms with Gasteiger partial charge in [0.05, 0.1) is 25.0 Å². The highest BCUT2D eigenvalue weighted by Crippen LogP contribution is 2.29. The molecule has 0 aliphatic heterocycles. The van der Waals surface area contributed by atoms with Crippen LogP contribution in [0.25, 0.3) is 0 Å². The molecule has 0 atom stereocenters. The Labute approximate surface area is 120 Å². The zero-order valence-corrected chi connectivity index (χ0v) is 11.5. The lowest BCUT2D eigenvalue weighted by Gasteiger charge is -2.09. The van der Waals surface area contributed by atoms with Crippen molar-refractivity contribution in [3.05, 3.63) is 35.4 Å². The fraction of sp³-hybridized carbons (Fsp3) is 0.429. The van der Waals surface area contributed by atoms with Crippen LogP contribution in [0.15, 0.2) is 24.3 Å². The third-order valence-corrected chi connectivity index (χ3v) is 2.58. The van der Waals surface area contributed by atoms with Gasteiger partial charge in [0.1, 0.15) is 0 Å². The maximum atomic E-state index is 12.5. The highest BCUT2D eigenvalue weighted by Gasteiger charge is 2.30. The highest BCUT2D eigenvalue weighted by atomic mass is 19.4. The molecule has 4 nitrogen and oxygen atoms in total. The van der Waals surface area contributed by atoms with Crippen molar-refractivity contribution in [1.29, 1.82) is 0 Å². The molecule has 0 unspecified atom stereocenters. The third kappa shape index (κ3) is 6.29. The lowest BCUT2D eigenvalue weighted by atomic mass is 10.1. The number of alkyl halides is 3. The number of halogens is 3. The van der Waals surface area contributed by atoms with E-state index in [2.05, 4.69) is 10.1 Å². The quantitative estimate of drug-likeness (QED) is 0.821. The number of hydrogen-bond donors (Lipinski definition) is 1. The second kappa shape index (κ2) is 7.66. The molecule has 0 fully saturated rings. The van der Waals surface area contributed by atoms with Gasteiger partial charge >= 0.3 is 12.1 Å². The highest BCUT2D eigenvalue weighted by molar-refractivity contribution is 5.79. The van der Waals surface area contributed by atoms with Gasteiger partial charge in [0.25, 0.3) is 0 Å². The van der Waals surface area contributed by atoms with E-state index in [4.69, 9.17) is 0 Å². The summed E-state index contributed by atoms with van der Waals surface area (Å²) in [5.41, 5.74) is -0.530. The maximum Gasteiger partial charge on any atom is 0.416 e. The summed E-state index contributed by atoms with van der Waals surface area (Å²) in [6.07, 6.45) is -4.58. The van der Waals surface area contributed by atoms with Crippen molar-refractivity contribution in [3.63, 3.8) is 0 Å². The van der Waals surface area contributed by atoms with Crippen LogP contribution in [0.4, 0.5) is 13.2 Å². The molecule has 0 aromatic heterocycles. The number of hydrogen-bond acceptors (Lipinski definition) is 3. The fourth-order valence-corrected chi connectivity index (χ4v) is 1.64. The molecule has 116 valence electrons. The molecule has 1 aromatic carbocycles. The van der Waals surface area contributed by atoms with Gasteiger partial charge in [0.2, 0.25) is 5.91 Å². The Hall–Kier alpha value is -2.05. The lowest BCUT2D eigenvalue weighted by Crippen LogP contribution is -2.28. The first-order chi connectivity index (χ1) is 9.82. The number of amides is 1. The minimum absolute atomic E-state index is 0.0299. The molecule has 0 radical (unpaired) electrons. The SMILES string of the molecule is CCOC(=O)CCNC(=O)Cc1cccc(C(F)(F)F)c1. The van der Waals surface area contributed by atoms with E-state index in [0.29, 0.717) is 0 Å². The average Bonchev–Trinajstić information content (AvgIpc) is 2.38. The van der Waals surface area contributed by atoms with Crippen molar-refractivity contribution < 1.29 is 27.5 Å². The normalized spacial score (nSPS) is 11.0. The van der Waals surface area contributed by atoms with Crippen molar-refractivity contribution in [1.82, 2.24) is 5.32 Å². The fourth-order valence-electron chi connectivity index (χ4n) is 1.64. The summed E-state index contributed by atoms with van der Waals surface area (Å²) < 4.78 is 42.2. The van der Waals surface area contributed by atoms with Gasteiger partial charge < -0.3 is 10.1 Å². The van der Waals surface area contributed by atoms with Gasteiger partial charge in [-0.05, 0) is 18.6 Å². The van der Waals surface area contributed by atoms with Gasteiger partial charge in [-0.25, -0.2) is 0 Å². The van der Waals surface area contributed by atoms with E-state index in [1.165, 1.54) is 12.1 Å². The van der Waals surface area contributed by atoms with Crippen LogP contribution in [0.3, 0.4) is 0 Å². The van der Waals surface area contributed by atoms with Crippen molar-refractivity contribution in [2.45, 2.75) is 25.9 Å². The van der Waals surface area contributed by atoms with Crippen molar-refractivity contribution in [2.24, 2.45) is 0 Å². The number of nitrogens with one attached hydrogen (secondary N) is 1. The van der Waals surface area contributed by atoms with Crippen molar-refractivity contribution in [2.75, 3.05) is 13.2 Å². The minimum Gasteiger partial charge on any atom is -0.466 e. The Bertz CT molecular complexity index is 500. The number of benzene rings is 1. The van der Waals surface area contributed by atoms with E-state index >= 15 is 0 Å². The first-order valence-electron chi connectivity index (χ1n) is 6.41. The van der Waals surface area contributed by atoms with Gasteiger partial charge in [0.15, 0.2) is 0 Å². The van der Waals surface area contributed by atoms with Crippen LogP contribution in [-0.2, 0) is 26.9 Å². The molecule has 0 saturated carbocycles. The molecule has 0 aliphatic carbocycles. The Morgan fingerprint density at radius 3 is 2.62 bits per heavy atom. The van der Waals surface area contributed by atoms with Gasteiger partial charge in [-0.1, -0.05) is 18.2 Å². The maximum absolute atomic E-state index is 12.5. The molecule has 1 aromatic rings. The molecule has 0 aliphatic rings. The predicted octanol–water partition coefficient (Wildman–Crippen LogP) is 2.32. The molecule has 0 bridgehead atoms. The third-order valence-electron chi connectivity index (χ3n) is 2.58. The molecule has 21 heavy (non-hydrogen) atoms. The smallest absolute Gasteiger partial charge is 0.416 e. The molecular formula is C14H16F3NO3. The van der Waals surface area contributed by atoms with Crippen LogP contribution >= 0.6 is 0 Å². The van der Waals surface area contributed by atoms with Gasteiger partial charge in [0, 0.05) is 6.54 Å². The summed E-state index contributed by atoms with van der Waals surface area (Å²) in [4.78, 5) is 22.6. The van der Waals surface area contributed by atoms with Crippen LogP contribution in [-0.4, -0.2) is 25.0 Å². The van der Waals surface area contributed by atoms with Crippen LogP contribution in [0, 0.1) is 0 Å². The Kier molecular flexibility index (Phi) is 6.20. The van der Waals surface area contributed by atoms with Gasteiger partial charge in [-0.3, -0.25) is 9.59 Å². The summed E-state index contributed by atoms with van der Waals surface area (Å²) in [5.74, 6) is -0.879. The lowest BCUT2D eigenvalue weighted by molar-refractivity contribution is -0.143. The molecule has 0 heterocycles. The molecule has 1 N–H and O–H groups in total. The summed E-state index contributed by atoms with van der Waals surface area (Å²) in [6.45, 7) is 2.03. The van der Waals surface area contributed by atoms with E-state index in [0.717, 1.165) is 12.1 Å². The Morgan fingerprint density at radius 2 is 2.00 bits per heavy atom. The molecule has 0 spiro atoms. The van der Waals surface area contributed by atoms with Gasteiger partial charge in [-0.15, -0.1) is 0 Å². The zero-order valence-electron chi connectivity index (χ0n) is 11.5. The van der Waals surface area contributed by atoms with Crippen LogP contribution in [0.1, 0.15) is 24.5 Å². The van der Waals surface area contributed by atoms with E-state index in [9.17, 15) is 22.8 Å². The number of carbonyl (C=O) groups is 2. The van der Waals surface area contributed by atoms with Crippen molar-refractivity contribution >= 4 is 11.9 Å². The number of ether oxygens (including phenoxy) is 1. The zero-order chi connectivity index (χ0) is 15.9. The second-order valence-corrected chi connectivity index (χ2v) is 4.28. The van der Waals surface area contributed by atoms with Crippen LogP contribution < -0.4 is 5.32 Å². The van der Waals surface area contributed by atoms with Crippen molar-refractivity contribution in [3.8, 4) is 0 Å². The first-order valence-corrected chi connectivity index (χ1v) is 6.41. The monoisotopic (exact) mass is 303 g/mol. The van der Waals surface area contributed by atoms with E-state index in [-0.39, 0.29) is 31.6 Å². The largest absolute Gasteiger partial charge is 0.466 e. The topological polar surface area (TPSA) is 55.4 Å². The minimum atomic E-state index is -4.43. The Morgan fingerprint density at radius 1 is 1.29 bits per heavy atom. The standard InChI is InChI=1S/C14H16F3NO3/c1-2-21-13(20)6-7-18-12(19)9-10-4-3-5-11(8-10)14(15,16)17/h3-5,8H,2,6-7,9H2,1H3,(H,18,19). The van der Waals surface area contributed by atoms with E-state index in [1.807, 2.05) is 0 Å². The van der Waals surface area contributed by atoms with Crippen LogP contribution in [0.2, 0.25) is 0 Å². The predicted molar refractivity (Wildman–Crippen MR) is 69.4 cm³/mol. The Balaban J connectivity index is 2.46. The first kappa shape index (κ1) is 17.0. The molecule has 0 saturated heterocycles. The molecule has 1 rings (SSSR count). The number of carbonyl (C=O) groups excluding carboxylic acids is 2. The van der Waals surface area contributed by atoms with E-state index < -0.39 is 23.6 Å². The van der Waals surface area contributed by atoms with Gasteiger partial charge in [-0.2, -0.15) is 13.2 Å². The average molecular weight is 303 g/mol. The second-order valence-electron chi connectivity index (χ2n) is 4.28. The number of rotatable bonds is 6. The molecule has 7 heteroatoms. The molecular weight excluding hydrogens is 287 g/mol. The summed E-state index contributed by atoms with van der Waals surface area (Å²) >= 11 is 0. The summed E-state index contributed by atoms with van der Waals surface area (Å²) in [7, 11) is 0. The van der Waals surface area contributed by atoms with E-state index in [1.54, 1.807) is 6.92 Å².